The smallest absolute Gasteiger partial charge is 0.0159 e. The molecule has 1 fully saturated rings. The Kier molecular flexibility index (Phi) is 3.96. The third-order valence-electron chi connectivity index (χ3n) is 5.51. The second-order valence-corrected chi connectivity index (χ2v) is 6.60. The van der Waals surface area contributed by atoms with Gasteiger partial charge in [-0.25, -0.2) is 0 Å². The van der Waals surface area contributed by atoms with Crippen molar-refractivity contribution >= 4 is 0 Å². The van der Waals surface area contributed by atoms with E-state index in [-0.39, 0.29) is 0 Å². The van der Waals surface area contributed by atoms with Crippen LogP contribution in [0.25, 0.3) is 0 Å². The number of fused-ring (bicyclic) bond motifs is 1. The van der Waals surface area contributed by atoms with Gasteiger partial charge in [0.05, 0.1) is 0 Å². The van der Waals surface area contributed by atoms with E-state index in [9.17, 15) is 0 Å². The quantitative estimate of drug-likeness (QED) is 0.657. The van der Waals surface area contributed by atoms with Crippen molar-refractivity contribution in [3.63, 3.8) is 0 Å². The Balaban J connectivity index is 2.06. The van der Waals surface area contributed by atoms with Crippen molar-refractivity contribution in [3.8, 4) is 0 Å². The van der Waals surface area contributed by atoms with E-state index < -0.39 is 0 Å². The van der Waals surface area contributed by atoms with Crippen LogP contribution >= 0.6 is 0 Å². The van der Waals surface area contributed by atoms with Crippen molar-refractivity contribution in [2.24, 2.45) is 0 Å². The fraction of sp³-hybridized carbons (Fsp3) is 0.684. The number of hydrogen-bond acceptors (Lipinski definition) is 0. The van der Waals surface area contributed by atoms with Crippen LogP contribution in [0, 0.1) is 6.92 Å². The van der Waals surface area contributed by atoms with Crippen molar-refractivity contribution in [1.82, 2.24) is 0 Å². The Morgan fingerprint density at radius 2 is 1.63 bits per heavy atom. The summed E-state index contributed by atoms with van der Waals surface area (Å²) < 4.78 is 0. The van der Waals surface area contributed by atoms with E-state index in [2.05, 4.69) is 19.9 Å². The average Bonchev–Trinajstić information content (AvgIpc) is 2.49. The van der Waals surface area contributed by atoms with Crippen molar-refractivity contribution in [2.45, 2.75) is 84.0 Å². The summed E-state index contributed by atoms with van der Waals surface area (Å²) in [5, 5.41) is 0. The Hall–Kier alpha value is -0.780. The number of benzene rings is 1. The van der Waals surface area contributed by atoms with Gasteiger partial charge in [-0.15, -0.1) is 0 Å². The lowest BCUT2D eigenvalue weighted by Crippen LogP contribution is -2.15. The lowest BCUT2D eigenvalue weighted by molar-refractivity contribution is 0.439. The average molecular weight is 256 g/mol. The van der Waals surface area contributed by atoms with E-state index in [1.165, 1.54) is 64.2 Å². The van der Waals surface area contributed by atoms with Gasteiger partial charge in [0.15, 0.2) is 0 Å². The molecule has 0 amide bonds. The van der Waals surface area contributed by atoms with E-state index >= 15 is 0 Å². The Morgan fingerprint density at radius 3 is 2.32 bits per heavy atom. The van der Waals surface area contributed by atoms with Gasteiger partial charge in [-0.05, 0) is 85.6 Å². The zero-order valence-electron chi connectivity index (χ0n) is 12.7. The number of rotatable bonds is 2. The molecule has 1 saturated carbocycles. The zero-order valence-corrected chi connectivity index (χ0v) is 12.7. The van der Waals surface area contributed by atoms with Gasteiger partial charge >= 0.3 is 0 Å². The predicted octanol–water partition coefficient (Wildman–Crippen LogP) is 5.48. The van der Waals surface area contributed by atoms with E-state index in [4.69, 9.17) is 0 Å². The summed E-state index contributed by atoms with van der Waals surface area (Å²) in [6.45, 7) is 4.69. The molecule has 104 valence electrons. The molecule has 0 heteroatoms. The molecule has 0 heterocycles. The lowest BCUT2D eigenvalue weighted by atomic mass is 9.75. The highest BCUT2D eigenvalue weighted by molar-refractivity contribution is 5.48. The van der Waals surface area contributed by atoms with Gasteiger partial charge in [0.1, 0.15) is 0 Å². The maximum Gasteiger partial charge on any atom is -0.0159 e. The molecule has 0 aliphatic heterocycles. The standard InChI is InChI=1S/C19H28/c1-3-15-13-19(16-9-5-4-6-10-16)18-12-8-7-11-17(18)14(15)2/h13,16H,3-12H2,1-2H3. The van der Waals surface area contributed by atoms with Crippen LogP contribution in [0.1, 0.15) is 85.6 Å². The maximum absolute atomic E-state index is 2.59. The van der Waals surface area contributed by atoms with Gasteiger partial charge in [0, 0.05) is 0 Å². The molecule has 0 radical (unpaired) electrons. The molecule has 0 nitrogen and oxygen atoms in total. The second-order valence-electron chi connectivity index (χ2n) is 6.60. The summed E-state index contributed by atoms with van der Waals surface area (Å²) in [7, 11) is 0. The summed E-state index contributed by atoms with van der Waals surface area (Å²) in [4.78, 5) is 0. The molecule has 2 aliphatic rings. The Morgan fingerprint density at radius 1 is 0.947 bits per heavy atom. The summed E-state index contributed by atoms with van der Waals surface area (Å²) in [6, 6.07) is 2.59. The lowest BCUT2D eigenvalue weighted by Gasteiger charge is -2.30. The molecule has 0 N–H and O–H groups in total. The molecule has 0 spiro atoms. The van der Waals surface area contributed by atoms with E-state index in [0.717, 1.165) is 5.92 Å². The molecule has 19 heavy (non-hydrogen) atoms. The van der Waals surface area contributed by atoms with Crippen molar-refractivity contribution < 1.29 is 0 Å². The van der Waals surface area contributed by atoms with Crippen LogP contribution in [0.4, 0.5) is 0 Å². The summed E-state index contributed by atoms with van der Waals surface area (Å²) in [5.74, 6) is 0.881. The van der Waals surface area contributed by atoms with E-state index in [0.29, 0.717) is 0 Å². The van der Waals surface area contributed by atoms with Gasteiger partial charge in [0.2, 0.25) is 0 Å². The Bertz CT molecular complexity index is 450. The fourth-order valence-electron chi connectivity index (χ4n) is 4.36. The van der Waals surface area contributed by atoms with Gasteiger partial charge in [-0.2, -0.15) is 0 Å². The monoisotopic (exact) mass is 256 g/mol. The fourth-order valence-corrected chi connectivity index (χ4v) is 4.36. The molecule has 0 saturated heterocycles. The highest BCUT2D eigenvalue weighted by Crippen LogP contribution is 2.39. The van der Waals surface area contributed by atoms with Crippen LogP contribution in [0.3, 0.4) is 0 Å². The topological polar surface area (TPSA) is 0 Å². The SMILES string of the molecule is CCc1cc(C2CCCCC2)c2c(c1C)CCCC2. The molecule has 1 aromatic carbocycles. The third-order valence-corrected chi connectivity index (χ3v) is 5.51. The van der Waals surface area contributed by atoms with Crippen LogP contribution in [0.5, 0.6) is 0 Å². The summed E-state index contributed by atoms with van der Waals surface area (Å²) in [6.07, 6.45) is 14.0. The number of hydrogen-bond donors (Lipinski definition) is 0. The largest absolute Gasteiger partial charge is 0.0613 e. The maximum atomic E-state index is 2.59. The molecular weight excluding hydrogens is 228 g/mol. The minimum Gasteiger partial charge on any atom is -0.0613 e. The minimum atomic E-state index is 0.881. The first-order valence-electron chi connectivity index (χ1n) is 8.45. The van der Waals surface area contributed by atoms with E-state index in [1.54, 1.807) is 27.8 Å². The van der Waals surface area contributed by atoms with Crippen molar-refractivity contribution in [2.75, 3.05) is 0 Å². The van der Waals surface area contributed by atoms with Crippen molar-refractivity contribution in [1.29, 1.82) is 0 Å². The van der Waals surface area contributed by atoms with Gasteiger partial charge in [0.25, 0.3) is 0 Å². The molecule has 0 atom stereocenters. The van der Waals surface area contributed by atoms with Crippen LogP contribution in [-0.2, 0) is 19.3 Å². The second kappa shape index (κ2) is 5.69. The highest BCUT2D eigenvalue weighted by Gasteiger charge is 2.23. The zero-order chi connectivity index (χ0) is 13.2. The summed E-state index contributed by atoms with van der Waals surface area (Å²) in [5.41, 5.74) is 8.52. The first kappa shape index (κ1) is 13.2. The van der Waals surface area contributed by atoms with Crippen molar-refractivity contribution in [3.05, 3.63) is 33.9 Å². The van der Waals surface area contributed by atoms with Gasteiger partial charge in [-0.3, -0.25) is 0 Å². The van der Waals surface area contributed by atoms with Crippen LogP contribution < -0.4 is 0 Å². The molecule has 0 unspecified atom stereocenters. The molecule has 1 aromatic rings. The van der Waals surface area contributed by atoms with Crippen LogP contribution in [0.15, 0.2) is 6.07 Å². The predicted molar refractivity (Wildman–Crippen MR) is 83.0 cm³/mol. The minimum absolute atomic E-state index is 0.881. The Labute approximate surface area is 118 Å². The first-order chi connectivity index (χ1) is 9.31. The normalized spacial score (nSPS) is 20.3. The molecule has 0 bridgehead atoms. The summed E-state index contributed by atoms with van der Waals surface area (Å²) >= 11 is 0. The van der Waals surface area contributed by atoms with Gasteiger partial charge in [-0.1, -0.05) is 32.3 Å². The van der Waals surface area contributed by atoms with Crippen LogP contribution in [-0.4, -0.2) is 0 Å². The molecule has 2 aliphatic carbocycles. The molecule has 0 aromatic heterocycles. The van der Waals surface area contributed by atoms with Crippen LogP contribution in [0.2, 0.25) is 0 Å². The first-order valence-corrected chi connectivity index (χ1v) is 8.45. The molecule has 3 rings (SSSR count). The van der Waals surface area contributed by atoms with E-state index in [1.807, 2.05) is 0 Å². The highest BCUT2D eigenvalue weighted by atomic mass is 14.3. The number of aryl methyl sites for hydroxylation is 1. The third kappa shape index (κ3) is 2.47. The van der Waals surface area contributed by atoms with Gasteiger partial charge < -0.3 is 0 Å². The molecular formula is C19H28.